The molecule has 4 N–H and O–H groups in total. The van der Waals surface area contributed by atoms with Crippen LogP contribution in [0.15, 0.2) is 53.5 Å². The van der Waals surface area contributed by atoms with Gasteiger partial charge < -0.3 is 21.1 Å². The molecule has 5 rings (SSSR count). The van der Waals surface area contributed by atoms with E-state index < -0.39 is 0 Å². The summed E-state index contributed by atoms with van der Waals surface area (Å²) in [5.74, 6) is 0.532. The number of nitrogens with zero attached hydrogens (tertiary/aromatic N) is 3. The Hall–Kier alpha value is -3.76. The van der Waals surface area contributed by atoms with Gasteiger partial charge in [-0.25, -0.2) is 9.97 Å². The SMILES string of the molecule is CC(C)C[C@@H](CO)NC(=O)c1c(-c2ccsc2)nc2c(C(=O)NCc3ccc(NC4CCCCC4)nc3)cccn12. The monoisotopic (exact) mass is 574 g/mol. The van der Waals surface area contributed by atoms with Gasteiger partial charge in [-0.1, -0.05) is 39.2 Å². The van der Waals surface area contributed by atoms with Gasteiger partial charge in [0.15, 0.2) is 5.65 Å². The number of fused-ring (bicyclic) bond motifs is 1. The van der Waals surface area contributed by atoms with Gasteiger partial charge in [0.05, 0.1) is 18.2 Å². The Balaban J connectivity index is 1.35. The molecular weight excluding hydrogens is 536 g/mol. The third kappa shape index (κ3) is 6.94. The van der Waals surface area contributed by atoms with E-state index in [2.05, 4.69) is 20.9 Å². The minimum atomic E-state index is -0.382. The van der Waals surface area contributed by atoms with E-state index >= 15 is 0 Å². The van der Waals surface area contributed by atoms with Crippen molar-refractivity contribution in [2.75, 3.05) is 11.9 Å². The molecule has 2 amide bonds. The average molecular weight is 575 g/mol. The number of aromatic nitrogens is 3. The smallest absolute Gasteiger partial charge is 0.270 e. The molecule has 10 heteroatoms. The normalized spacial score (nSPS) is 14.7. The second-order valence-corrected chi connectivity index (χ2v) is 11.9. The van der Waals surface area contributed by atoms with E-state index in [9.17, 15) is 14.7 Å². The van der Waals surface area contributed by atoms with E-state index in [4.69, 9.17) is 4.98 Å². The van der Waals surface area contributed by atoms with Crippen LogP contribution in [0.2, 0.25) is 0 Å². The van der Waals surface area contributed by atoms with E-state index in [1.165, 1.54) is 43.4 Å². The summed E-state index contributed by atoms with van der Waals surface area (Å²) in [7, 11) is 0. The number of rotatable bonds is 11. The van der Waals surface area contributed by atoms with Crippen molar-refractivity contribution in [2.24, 2.45) is 5.92 Å². The van der Waals surface area contributed by atoms with Crippen LogP contribution in [-0.2, 0) is 6.54 Å². The predicted octanol–water partition coefficient (Wildman–Crippen LogP) is 5.27. The molecule has 0 aliphatic heterocycles. The highest BCUT2D eigenvalue weighted by Crippen LogP contribution is 2.28. The summed E-state index contributed by atoms with van der Waals surface area (Å²) in [6.45, 7) is 4.25. The second-order valence-electron chi connectivity index (χ2n) is 11.1. The van der Waals surface area contributed by atoms with Gasteiger partial charge in [-0.15, -0.1) is 0 Å². The van der Waals surface area contributed by atoms with Gasteiger partial charge >= 0.3 is 0 Å². The summed E-state index contributed by atoms with van der Waals surface area (Å²) < 4.78 is 1.66. The maximum Gasteiger partial charge on any atom is 0.270 e. The van der Waals surface area contributed by atoms with Crippen LogP contribution < -0.4 is 16.0 Å². The first-order chi connectivity index (χ1) is 19.9. The number of hydrogen-bond acceptors (Lipinski definition) is 7. The van der Waals surface area contributed by atoms with Crippen molar-refractivity contribution in [2.45, 2.75) is 71.0 Å². The van der Waals surface area contributed by atoms with Gasteiger partial charge in [0.2, 0.25) is 0 Å². The second kappa shape index (κ2) is 13.3. The topological polar surface area (TPSA) is 121 Å². The van der Waals surface area contributed by atoms with Crippen LogP contribution in [0, 0.1) is 5.92 Å². The molecule has 1 fully saturated rings. The summed E-state index contributed by atoms with van der Waals surface area (Å²) >= 11 is 1.51. The first kappa shape index (κ1) is 28.8. The zero-order valence-electron chi connectivity index (χ0n) is 23.6. The fourth-order valence-corrected chi connectivity index (χ4v) is 6.05. The molecule has 4 heterocycles. The van der Waals surface area contributed by atoms with Crippen LogP contribution in [0.3, 0.4) is 0 Å². The number of thiophene rings is 1. The Morgan fingerprint density at radius 1 is 1.12 bits per heavy atom. The predicted molar refractivity (Wildman–Crippen MR) is 162 cm³/mol. The van der Waals surface area contributed by atoms with E-state index in [1.807, 2.05) is 42.8 Å². The van der Waals surface area contributed by atoms with Gasteiger partial charge in [0.25, 0.3) is 11.8 Å². The molecule has 1 aliphatic rings. The van der Waals surface area contributed by atoms with Crippen LogP contribution in [-0.4, -0.2) is 50.0 Å². The highest BCUT2D eigenvalue weighted by Gasteiger charge is 2.26. The molecule has 0 aromatic carbocycles. The maximum atomic E-state index is 13.5. The number of anilines is 1. The first-order valence-corrected chi connectivity index (χ1v) is 15.3. The molecule has 216 valence electrons. The summed E-state index contributed by atoms with van der Waals surface area (Å²) in [5.41, 5.74) is 3.28. The minimum absolute atomic E-state index is 0.158. The van der Waals surface area contributed by atoms with E-state index in [0.717, 1.165) is 16.9 Å². The van der Waals surface area contributed by atoms with Gasteiger partial charge in [-0.3, -0.25) is 14.0 Å². The van der Waals surface area contributed by atoms with E-state index in [-0.39, 0.29) is 24.5 Å². The van der Waals surface area contributed by atoms with Crippen molar-refractivity contribution in [3.05, 3.63) is 70.3 Å². The lowest BCUT2D eigenvalue weighted by atomic mass is 9.95. The van der Waals surface area contributed by atoms with Crippen LogP contribution in [0.25, 0.3) is 16.9 Å². The molecule has 0 unspecified atom stereocenters. The van der Waals surface area contributed by atoms with Crippen molar-refractivity contribution in [3.63, 3.8) is 0 Å². The van der Waals surface area contributed by atoms with E-state index in [0.29, 0.717) is 47.5 Å². The number of carbonyl (C=O) groups excluding carboxylic acids is 2. The zero-order chi connectivity index (χ0) is 28.8. The number of pyridine rings is 2. The van der Waals surface area contributed by atoms with Crippen LogP contribution in [0.5, 0.6) is 0 Å². The van der Waals surface area contributed by atoms with Gasteiger partial charge in [0.1, 0.15) is 17.2 Å². The number of carbonyl (C=O) groups is 2. The van der Waals surface area contributed by atoms with Crippen LogP contribution in [0.4, 0.5) is 5.82 Å². The molecule has 1 saturated carbocycles. The molecule has 4 aromatic rings. The fourth-order valence-electron chi connectivity index (χ4n) is 5.41. The molecule has 1 atom stereocenters. The van der Waals surface area contributed by atoms with Gasteiger partial charge in [-0.05, 0) is 60.4 Å². The number of hydrogen-bond donors (Lipinski definition) is 4. The Kier molecular flexibility index (Phi) is 9.31. The van der Waals surface area contributed by atoms with Crippen molar-refractivity contribution in [1.82, 2.24) is 25.0 Å². The number of nitrogens with one attached hydrogen (secondary N) is 3. The molecule has 41 heavy (non-hydrogen) atoms. The standard InChI is InChI=1S/C31H38N6O3S/c1-20(2)15-24(18-38)35-31(40)28-27(22-12-14-41-19-22)36-29-25(9-6-13-37(28)29)30(39)33-17-21-10-11-26(32-16-21)34-23-7-4-3-5-8-23/h6,9-14,16,19-20,23-24,38H,3-5,7-8,15,17-18H2,1-2H3,(H,32,34)(H,33,39)(H,35,40)/t24-/m0/s1. The maximum absolute atomic E-state index is 13.5. The lowest BCUT2D eigenvalue weighted by Crippen LogP contribution is -2.39. The highest BCUT2D eigenvalue weighted by atomic mass is 32.1. The molecule has 4 aromatic heterocycles. The lowest BCUT2D eigenvalue weighted by molar-refractivity contribution is 0.0901. The third-order valence-electron chi connectivity index (χ3n) is 7.45. The Morgan fingerprint density at radius 3 is 2.63 bits per heavy atom. The van der Waals surface area contributed by atoms with Gasteiger partial charge in [-0.2, -0.15) is 11.3 Å². The van der Waals surface area contributed by atoms with Crippen molar-refractivity contribution < 1.29 is 14.7 Å². The quantitative estimate of drug-likeness (QED) is 0.194. The van der Waals surface area contributed by atoms with Crippen LogP contribution >= 0.6 is 11.3 Å². The molecule has 1 aliphatic carbocycles. The number of aliphatic hydroxyl groups excluding tert-OH is 1. The molecule has 0 spiro atoms. The molecule has 0 radical (unpaired) electrons. The lowest BCUT2D eigenvalue weighted by Gasteiger charge is -2.23. The summed E-state index contributed by atoms with van der Waals surface area (Å²) in [4.78, 5) is 36.2. The van der Waals surface area contributed by atoms with Crippen LogP contribution in [0.1, 0.15) is 78.8 Å². The van der Waals surface area contributed by atoms with Gasteiger partial charge in [0, 0.05) is 35.9 Å². The van der Waals surface area contributed by atoms with E-state index in [1.54, 1.807) is 28.9 Å². The largest absolute Gasteiger partial charge is 0.394 e. The summed E-state index contributed by atoms with van der Waals surface area (Å²) in [6, 6.07) is 9.38. The molecule has 0 bridgehead atoms. The summed E-state index contributed by atoms with van der Waals surface area (Å²) in [6.07, 6.45) is 10.3. The first-order valence-electron chi connectivity index (χ1n) is 14.4. The zero-order valence-corrected chi connectivity index (χ0v) is 24.4. The molecular formula is C31H38N6O3S. The van der Waals surface area contributed by atoms with Crippen molar-refractivity contribution in [3.8, 4) is 11.3 Å². The molecule has 0 saturated heterocycles. The molecule has 9 nitrogen and oxygen atoms in total. The third-order valence-corrected chi connectivity index (χ3v) is 8.13. The fraction of sp³-hybridized carbons (Fsp3) is 0.419. The average Bonchev–Trinajstić information content (AvgIpc) is 3.65. The Morgan fingerprint density at radius 2 is 1.95 bits per heavy atom. The number of imidazole rings is 1. The number of aliphatic hydroxyl groups is 1. The number of amides is 2. The Labute approximate surface area is 244 Å². The van der Waals surface area contributed by atoms with Crippen molar-refractivity contribution >= 4 is 34.6 Å². The van der Waals surface area contributed by atoms with Crippen molar-refractivity contribution in [1.29, 1.82) is 0 Å². The minimum Gasteiger partial charge on any atom is -0.394 e. The summed E-state index contributed by atoms with van der Waals surface area (Å²) in [5, 5.41) is 23.2. The Bertz CT molecular complexity index is 1460. The highest BCUT2D eigenvalue weighted by molar-refractivity contribution is 7.08.